The second-order valence-corrected chi connectivity index (χ2v) is 2.02. The van der Waals surface area contributed by atoms with Gasteiger partial charge in [-0.2, -0.15) is 5.10 Å². The van der Waals surface area contributed by atoms with E-state index in [0.717, 1.165) is 0 Å². The summed E-state index contributed by atoms with van der Waals surface area (Å²) in [7, 11) is 0. The molecule has 0 aromatic carbocycles. The van der Waals surface area contributed by atoms with Crippen LogP contribution in [0.2, 0.25) is 0 Å². The zero-order chi connectivity index (χ0) is 8.27. The summed E-state index contributed by atoms with van der Waals surface area (Å²) < 4.78 is 0. The number of carbonyl (C=O) groups excluding carboxylic acids is 1. The quantitative estimate of drug-likeness (QED) is 0.583. The SMILES string of the molecule is CC(=O)Nc1cn[nH]c(=O)c1. The van der Waals surface area contributed by atoms with E-state index < -0.39 is 0 Å². The van der Waals surface area contributed by atoms with Crippen LogP contribution >= 0.6 is 0 Å². The fraction of sp³-hybridized carbons (Fsp3) is 0.167. The molecule has 0 aliphatic carbocycles. The lowest BCUT2D eigenvalue weighted by Gasteiger charge is -1.97. The Hall–Kier alpha value is -1.65. The predicted molar refractivity (Wildman–Crippen MR) is 39.2 cm³/mol. The van der Waals surface area contributed by atoms with Gasteiger partial charge in [0.1, 0.15) is 0 Å². The van der Waals surface area contributed by atoms with Crippen molar-refractivity contribution in [3.05, 3.63) is 22.6 Å². The Bertz CT molecular complexity index is 318. The van der Waals surface area contributed by atoms with Crippen LogP contribution in [0.15, 0.2) is 17.1 Å². The molecular formula is C6H7N3O2. The third-order valence-corrected chi connectivity index (χ3v) is 0.985. The molecule has 0 atom stereocenters. The summed E-state index contributed by atoms with van der Waals surface area (Å²) in [5.74, 6) is -0.225. The maximum absolute atomic E-state index is 10.6. The van der Waals surface area contributed by atoms with Crippen LogP contribution in [0, 0.1) is 0 Å². The fourth-order valence-corrected chi connectivity index (χ4v) is 0.648. The van der Waals surface area contributed by atoms with Crippen LogP contribution in [-0.4, -0.2) is 16.1 Å². The summed E-state index contributed by atoms with van der Waals surface area (Å²) in [5.41, 5.74) is 0.0671. The third-order valence-electron chi connectivity index (χ3n) is 0.985. The Morgan fingerprint density at radius 1 is 1.73 bits per heavy atom. The molecule has 1 aromatic heterocycles. The molecule has 0 bridgehead atoms. The topological polar surface area (TPSA) is 74.8 Å². The molecule has 1 aromatic rings. The van der Waals surface area contributed by atoms with E-state index in [2.05, 4.69) is 15.5 Å². The molecular weight excluding hydrogens is 146 g/mol. The second kappa shape index (κ2) is 2.96. The summed E-state index contributed by atoms with van der Waals surface area (Å²) in [6, 6.07) is 1.26. The first-order chi connectivity index (χ1) is 5.18. The van der Waals surface area contributed by atoms with Gasteiger partial charge in [-0.15, -0.1) is 0 Å². The van der Waals surface area contributed by atoms with Crippen LogP contribution in [0.4, 0.5) is 5.69 Å². The minimum absolute atomic E-state index is 0.225. The van der Waals surface area contributed by atoms with Crippen LogP contribution in [0.25, 0.3) is 0 Å². The Kier molecular flexibility index (Phi) is 2.00. The van der Waals surface area contributed by atoms with Gasteiger partial charge in [0, 0.05) is 13.0 Å². The third kappa shape index (κ3) is 2.21. The molecule has 11 heavy (non-hydrogen) atoms. The van der Waals surface area contributed by atoms with Gasteiger partial charge in [-0.3, -0.25) is 9.59 Å². The average Bonchev–Trinajstić information content (AvgIpc) is 1.85. The van der Waals surface area contributed by atoms with E-state index in [9.17, 15) is 9.59 Å². The number of amides is 1. The number of H-pyrrole nitrogens is 1. The van der Waals surface area contributed by atoms with Crippen LogP contribution in [0.1, 0.15) is 6.92 Å². The smallest absolute Gasteiger partial charge is 0.266 e. The van der Waals surface area contributed by atoms with Gasteiger partial charge in [0.05, 0.1) is 11.9 Å². The predicted octanol–water partition coefficient (Wildman–Crippen LogP) is -0.272. The van der Waals surface area contributed by atoms with Crippen molar-refractivity contribution in [2.24, 2.45) is 0 Å². The van der Waals surface area contributed by atoms with Gasteiger partial charge in [-0.25, -0.2) is 5.10 Å². The van der Waals surface area contributed by atoms with E-state index in [0.29, 0.717) is 5.69 Å². The highest BCUT2D eigenvalue weighted by Gasteiger charge is 1.94. The average molecular weight is 153 g/mol. The van der Waals surface area contributed by atoms with Crippen molar-refractivity contribution >= 4 is 11.6 Å². The monoisotopic (exact) mass is 153 g/mol. The number of aromatic amines is 1. The lowest BCUT2D eigenvalue weighted by atomic mass is 10.4. The van der Waals surface area contributed by atoms with Crippen molar-refractivity contribution in [3.63, 3.8) is 0 Å². The van der Waals surface area contributed by atoms with Gasteiger partial charge >= 0.3 is 0 Å². The molecule has 1 amide bonds. The van der Waals surface area contributed by atoms with E-state index >= 15 is 0 Å². The summed E-state index contributed by atoms with van der Waals surface area (Å²) in [4.78, 5) is 21.1. The highest BCUT2D eigenvalue weighted by molar-refractivity contribution is 5.88. The van der Waals surface area contributed by atoms with Crippen LogP contribution in [-0.2, 0) is 4.79 Å². The van der Waals surface area contributed by atoms with E-state index in [1.165, 1.54) is 19.2 Å². The first-order valence-corrected chi connectivity index (χ1v) is 3.01. The Balaban J connectivity index is 2.88. The van der Waals surface area contributed by atoms with Crippen molar-refractivity contribution in [1.82, 2.24) is 10.2 Å². The first-order valence-electron chi connectivity index (χ1n) is 3.01. The minimum atomic E-state index is -0.337. The van der Waals surface area contributed by atoms with Crippen molar-refractivity contribution in [2.75, 3.05) is 5.32 Å². The molecule has 5 nitrogen and oxygen atoms in total. The van der Waals surface area contributed by atoms with Gasteiger partial charge in [0.2, 0.25) is 5.91 Å². The van der Waals surface area contributed by atoms with Crippen molar-refractivity contribution < 1.29 is 4.79 Å². The number of hydrogen-bond donors (Lipinski definition) is 2. The minimum Gasteiger partial charge on any atom is -0.325 e. The van der Waals surface area contributed by atoms with Crippen LogP contribution in [0.5, 0.6) is 0 Å². The highest BCUT2D eigenvalue weighted by Crippen LogP contribution is 1.96. The number of nitrogens with one attached hydrogen (secondary N) is 2. The number of hydrogen-bond acceptors (Lipinski definition) is 3. The Morgan fingerprint density at radius 3 is 3.00 bits per heavy atom. The maximum atomic E-state index is 10.6. The van der Waals surface area contributed by atoms with Crippen molar-refractivity contribution in [2.45, 2.75) is 6.92 Å². The van der Waals surface area contributed by atoms with Gasteiger partial charge in [0.25, 0.3) is 5.56 Å². The molecule has 58 valence electrons. The van der Waals surface area contributed by atoms with Crippen molar-refractivity contribution in [3.8, 4) is 0 Å². The Morgan fingerprint density at radius 2 is 2.45 bits per heavy atom. The molecule has 0 unspecified atom stereocenters. The van der Waals surface area contributed by atoms with Crippen LogP contribution in [0.3, 0.4) is 0 Å². The maximum Gasteiger partial charge on any atom is 0.266 e. The fourth-order valence-electron chi connectivity index (χ4n) is 0.648. The zero-order valence-corrected chi connectivity index (χ0v) is 5.92. The molecule has 0 aliphatic rings. The zero-order valence-electron chi connectivity index (χ0n) is 5.92. The van der Waals surface area contributed by atoms with Gasteiger partial charge in [-0.05, 0) is 0 Å². The molecule has 1 rings (SSSR count). The molecule has 0 radical (unpaired) electrons. The molecule has 5 heteroatoms. The molecule has 0 fully saturated rings. The number of nitrogens with zero attached hydrogens (tertiary/aromatic N) is 1. The molecule has 0 saturated heterocycles. The summed E-state index contributed by atoms with van der Waals surface area (Å²) in [5, 5.41) is 8.10. The summed E-state index contributed by atoms with van der Waals surface area (Å²) in [6.07, 6.45) is 1.36. The summed E-state index contributed by atoms with van der Waals surface area (Å²) in [6.45, 7) is 1.36. The van der Waals surface area contributed by atoms with Crippen LogP contribution < -0.4 is 10.9 Å². The molecule has 0 aliphatic heterocycles. The van der Waals surface area contributed by atoms with E-state index in [-0.39, 0.29) is 11.5 Å². The molecule has 0 saturated carbocycles. The second-order valence-electron chi connectivity index (χ2n) is 2.02. The molecule has 1 heterocycles. The number of carbonyl (C=O) groups is 1. The van der Waals surface area contributed by atoms with Gasteiger partial charge in [0.15, 0.2) is 0 Å². The first kappa shape index (κ1) is 7.46. The standard InChI is InChI=1S/C6H7N3O2/c1-4(10)8-5-2-6(11)9-7-3-5/h2-3H,1H3,(H2,8,9,10,11). The van der Waals surface area contributed by atoms with Crippen molar-refractivity contribution in [1.29, 1.82) is 0 Å². The summed E-state index contributed by atoms with van der Waals surface area (Å²) >= 11 is 0. The number of rotatable bonds is 1. The number of aromatic nitrogens is 2. The van der Waals surface area contributed by atoms with E-state index in [1.807, 2.05) is 0 Å². The Labute approximate surface area is 62.4 Å². The molecule has 2 N–H and O–H groups in total. The van der Waals surface area contributed by atoms with E-state index in [4.69, 9.17) is 0 Å². The van der Waals surface area contributed by atoms with Gasteiger partial charge < -0.3 is 5.32 Å². The highest BCUT2D eigenvalue weighted by atomic mass is 16.1. The lowest BCUT2D eigenvalue weighted by Crippen LogP contribution is -2.11. The normalized spacial score (nSPS) is 9.18. The van der Waals surface area contributed by atoms with E-state index in [1.54, 1.807) is 0 Å². The number of anilines is 1. The van der Waals surface area contributed by atoms with Gasteiger partial charge in [-0.1, -0.05) is 0 Å². The largest absolute Gasteiger partial charge is 0.325 e. The molecule has 0 spiro atoms. The lowest BCUT2D eigenvalue weighted by molar-refractivity contribution is -0.114.